The van der Waals surface area contributed by atoms with E-state index in [1.54, 1.807) is 12.4 Å². The van der Waals surface area contributed by atoms with E-state index in [1.807, 2.05) is 30.5 Å². The Hall–Kier alpha value is -2.14. The third-order valence-corrected chi connectivity index (χ3v) is 5.19. The molecule has 2 aromatic rings. The molecule has 0 bridgehead atoms. The number of nitrogens with zero attached hydrogens (tertiary/aromatic N) is 2. The lowest BCUT2D eigenvalue weighted by atomic mass is 9.75. The van der Waals surface area contributed by atoms with Gasteiger partial charge in [0.15, 0.2) is 0 Å². The molecule has 0 spiro atoms. The van der Waals surface area contributed by atoms with Crippen LogP contribution in [0.4, 0.5) is 0 Å². The monoisotopic (exact) mass is 325 g/mol. The van der Waals surface area contributed by atoms with E-state index in [9.17, 15) is 9.90 Å². The molecular weight excluding hydrogens is 302 g/mol. The normalized spacial score (nSPS) is 24.2. The van der Waals surface area contributed by atoms with Gasteiger partial charge in [-0.05, 0) is 67.9 Å². The highest BCUT2D eigenvalue weighted by atomic mass is 16.3. The van der Waals surface area contributed by atoms with Gasteiger partial charge in [0, 0.05) is 30.7 Å². The number of amides is 1. The number of aliphatic hydroxyl groups is 1. The van der Waals surface area contributed by atoms with Gasteiger partial charge in [0.25, 0.3) is 5.91 Å². The molecule has 0 saturated heterocycles. The fourth-order valence-corrected chi connectivity index (χ4v) is 3.57. The van der Waals surface area contributed by atoms with Gasteiger partial charge >= 0.3 is 0 Å². The quantitative estimate of drug-likeness (QED) is 0.856. The molecule has 0 aromatic carbocycles. The summed E-state index contributed by atoms with van der Waals surface area (Å²) in [7, 11) is 0. The molecule has 2 heterocycles. The van der Waals surface area contributed by atoms with Crippen LogP contribution in [0.2, 0.25) is 0 Å². The number of rotatable bonds is 6. The Morgan fingerprint density at radius 2 is 2.04 bits per heavy atom. The van der Waals surface area contributed by atoms with Gasteiger partial charge in [-0.15, -0.1) is 0 Å². The highest BCUT2D eigenvalue weighted by molar-refractivity contribution is 5.93. The molecule has 0 unspecified atom stereocenters. The van der Waals surface area contributed by atoms with Crippen LogP contribution in [0, 0.1) is 5.92 Å². The first-order valence-electron chi connectivity index (χ1n) is 8.75. The van der Waals surface area contributed by atoms with Crippen LogP contribution in [0.5, 0.6) is 0 Å². The van der Waals surface area contributed by atoms with Crippen molar-refractivity contribution in [3.05, 3.63) is 54.1 Å². The van der Waals surface area contributed by atoms with Crippen LogP contribution >= 0.6 is 0 Å². The van der Waals surface area contributed by atoms with Gasteiger partial charge in [-0.25, -0.2) is 0 Å². The van der Waals surface area contributed by atoms with Crippen LogP contribution in [0.15, 0.2) is 42.9 Å². The zero-order valence-corrected chi connectivity index (χ0v) is 13.6. The fourth-order valence-electron chi connectivity index (χ4n) is 3.57. The first-order valence-corrected chi connectivity index (χ1v) is 8.75. The number of nitrogens with one attached hydrogen (secondary N) is 1. The fraction of sp³-hybridized carbons (Fsp3) is 0.474. The van der Waals surface area contributed by atoms with Crippen molar-refractivity contribution in [1.82, 2.24) is 14.9 Å². The van der Waals surface area contributed by atoms with Crippen molar-refractivity contribution >= 4 is 5.91 Å². The van der Waals surface area contributed by atoms with Gasteiger partial charge < -0.3 is 15.0 Å². The second-order valence-electron chi connectivity index (χ2n) is 7.06. The zero-order valence-electron chi connectivity index (χ0n) is 13.6. The summed E-state index contributed by atoms with van der Waals surface area (Å²) < 4.78 is 2.09. The van der Waals surface area contributed by atoms with Crippen LogP contribution < -0.4 is 5.32 Å². The van der Waals surface area contributed by atoms with Crippen LogP contribution in [0.3, 0.4) is 0 Å². The summed E-state index contributed by atoms with van der Waals surface area (Å²) in [6, 6.07) is 8.35. The summed E-state index contributed by atoms with van der Waals surface area (Å²) in [6.07, 6.45) is 9.95. The van der Waals surface area contributed by atoms with E-state index >= 15 is 0 Å². The van der Waals surface area contributed by atoms with E-state index in [0.29, 0.717) is 12.0 Å². The van der Waals surface area contributed by atoms with E-state index in [0.717, 1.165) is 43.4 Å². The number of hydrogen-bond donors (Lipinski definition) is 2. The Morgan fingerprint density at radius 3 is 2.71 bits per heavy atom. The number of pyridine rings is 1. The smallest absolute Gasteiger partial charge is 0.268 e. The average Bonchev–Trinajstić information content (AvgIpc) is 3.29. The maximum Gasteiger partial charge on any atom is 0.268 e. The third-order valence-electron chi connectivity index (χ3n) is 5.19. The van der Waals surface area contributed by atoms with Crippen LogP contribution in [0.25, 0.3) is 0 Å². The minimum Gasteiger partial charge on any atom is -0.393 e. The van der Waals surface area contributed by atoms with Crippen molar-refractivity contribution in [2.75, 3.05) is 0 Å². The second-order valence-corrected chi connectivity index (χ2v) is 7.06. The molecule has 2 saturated carbocycles. The predicted octanol–water partition coefficient (Wildman–Crippen LogP) is 2.33. The summed E-state index contributed by atoms with van der Waals surface area (Å²) in [6.45, 7) is 0. The van der Waals surface area contributed by atoms with Crippen molar-refractivity contribution in [2.24, 2.45) is 5.92 Å². The van der Waals surface area contributed by atoms with E-state index < -0.39 is 0 Å². The van der Waals surface area contributed by atoms with E-state index in [2.05, 4.69) is 14.9 Å². The molecule has 24 heavy (non-hydrogen) atoms. The van der Waals surface area contributed by atoms with E-state index in [4.69, 9.17) is 0 Å². The van der Waals surface area contributed by atoms with Crippen molar-refractivity contribution in [1.29, 1.82) is 0 Å². The summed E-state index contributed by atoms with van der Waals surface area (Å²) in [5.41, 5.74) is 1.91. The van der Waals surface area contributed by atoms with Gasteiger partial charge in [-0.1, -0.05) is 0 Å². The number of aliphatic hydroxyl groups excluding tert-OH is 1. The molecule has 2 fully saturated rings. The Labute approximate surface area is 141 Å². The standard InChI is InChI=1S/C19H23N3O2/c23-16-11-14(12-16)17(10-13-5-7-20-8-6-13)21-19(24)18-2-1-9-22(18)15-3-4-15/h1-2,5-9,14-17,23H,3-4,10-12H2,(H,21,24)/t14?,16?,17-/m0/s1. The molecule has 2 aliphatic rings. The number of carbonyl (C=O) groups is 1. The molecule has 4 rings (SSSR count). The largest absolute Gasteiger partial charge is 0.393 e. The minimum absolute atomic E-state index is 0.00709. The molecule has 126 valence electrons. The third kappa shape index (κ3) is 3.22. The second kappa shape index (κ2) is 6.40. The minimum atomic E-state index is -0.220. The number of aromatic nitrogens is 2. The molecule has 2 N–H and O–H groups in total. The molecule has 0 aliphatic heterocycles. The molecule has 2 aromatic heterocycles. The molecule has 0 radical (unpaired) electrons. The SMILES string of the molecule is O=C(N[C@@H](Cc1ccncc1)C1CC(O)C1)c1cccn1C1CC1. The number of hydrogen-bond acceptors (Lipinski definition) is 3. The van der Waals surface area contributed by atoms with E-state index in [-0.39, 0.29) is 18.1 Å². The summed E-state index contributed by atoms with van der Waals surface area (Å²) >= 11 is 0. The molecule has 2 aliphatic carbocycles. The van der Waals surface area contributed by atoms with Crippen molar-refractivity contribution in [2.45, 2.75) is 50.3 Å². The predicted molar refractivity (Wildman–Crippen MR) is 90.6 cm³/mol. The molecule has 5 nitrogen and oxygen atoms in total. The van der Waals surface area contributed by atoms with Crippen LogP contribution in [-0.4, -0.2) is 32.7 Å². The van der Waals surface area contributed by atoms with E-state index in [1.165, 1.54) is 0 Å². The molecular formula is C19H23N3O2. The average molecular weight is 325 g/mol. The topological polar surface area (TPSA) is 67.2 Å². The maximum absolute atomic E-state index is 12.8. The Kier molecular flexibility index (Phi) is 4.10. The molecule has 1 amide bonds. The molecule has 1 atom stereocenters. The lowest BCUT2D eigenvalue weighted by molar-refractivity contribution is 0.0238. The van der Waals surface area contributed by atoms with Crippen molar-refractivity contribution < 1.29 is 9.90 Å². The Bertz CT molecular complexity index is 702. The van der Waals surface area contributed by atoms with Gasteiger partial charge in [0.1, 0.15) is 5.69 Å². The highest BCUT2D eigenvalue weighted by Gasteiger charge is 2.35. The highest BCUT2D eigenvalue weighted by Crippen LogP contribution is 2.36. The maximum atomic E-state index is 12.8. The lowest BCUT2D eigenvalue weighted by Gasteiger charge is -2.38. The van der Waals surface area contributed by atoms with Crippen LogP contribution in [-0.2, 0) is 6.42 Å². The number of carbonyl (C=O) groups excluding carboxylic acids is 1. The Morgan fingerprint density at radius 1 is 1.29 bits per heavy atom. The molecule has 5 heteroatoms. The summed E-state index contributed by atoms with van der Waals surface area (Å²) in [5, 5.41) is 12.9. The first kappa shape index (κ1) is 15.4. The summed E-state index contributed by atoms with van der Waals surface area (Å²) in [4.78, 5) is 16.8. The van der Waals surface area contributed by atoms with Gasteiger partial charge in [-0.2, -0.15) is 0 Å². The van der Waals surface area contributed by atoms with Gasteiger partial charge in [0.05, 0.1) is 6.10 Å². The first-order chi connectivity index (χ1) is 11.7. The van der Waals surface area contributed by atoms with Gasteiger partial charge in [0.2, 0.25) is 0 Å². The van der Waals surface area contributed by atoms with Gasteiger partial charge in [-0.3, -0.25) is 9.78 Å². The van der Waals surface area contributed by atoms with Crippen molar-refractivity contribution in [3.63, 3.8) is 0 Å². The summed E-state index contributed by atoms with van der Waals surface area (Å²) in [5.74, 6) is 0.328. The lowest BCUT2D eigenvalue weighted by Crippen LogP contribution is -2.48. The van der Waals surface area contributed by atoms with Crippen molar-refractivity contribution in [3.8, 4) is 0 Å². The zero-order chi connectivity index (χ0) is 16.5. The van der Waals surface area contributed by atoms with Crippen LogP contribution in [0.1, 0.15) is 47.8 Å². The Balaban J connectivity index is 1.48.